The van der Waals surface area contributed by atoms with Gasteiger partial charge in [0.1, 0.15) is 0 Å². The molecule has 7 nitrogen and oxygen atoms in total. The molecule has 1 saturated heterocycles. The summed E-state index contributed by atoms with van der Waals surface area (Å²) >= 11 is 0. The van der Waals surface area contributed by atoms with E-state index < -0.39 is 0 Å². The molecule has 23 heavy (non-hydrogen) atoms. The van der Waals surface area contributed by atoms with Crippen molar-refractivity contribution in [3.05, 3.63) is 35.3 Å². The van der Waals surface area contributed by atoms with Crippen LogP contribution in [-0.2, 0) is 4.74 Å². The Morgan fingerprint density at radius 2 is 2.17 bits per heavy atom. The molecule has 0 amide bonds. The number of nitrogen functional groups attached to an aromatic ring is 1. The molecule has 3 N–H and O–H groups in total. The third kappa shape index (κ3) is 3.05. The van der Waals surface area contributed by atoms with Crippen molar-refractivity contribution in [1.82, 2.24) is 14.8 Å². The summed E-state index contributed by atoms with van der Waals surface area (Å²) in [6, 6.07) is 2.07. The van der Waals surface area contributed by atoms with Crippen LogP contribution in [0.3, 0.4) is 0 Å². The van der Waals surface area contributed by atoms with Gasteiger partial charge in [0.05, 0.1) is 30.6 Å². The number of methoxy groups -OCH3 is 1. The lowest BCUT2D eigenvalue weighted by Crippen LogP contribution is -2.19. The van der Waals surface area contributed by atoms with Crippen LogP contribution in [0.5, 0.6) is 5.88 Å². The van der Waals surface area contributed by atoms with Crippen molar-refractivity contribution in [2.45, 2.75) is 25.8 Å². The normalized spacial score (nSPS) is 15.6. The molecule has 0 spiro atoms. The molecule has 1 fully saturated rings. The summed E-state index contributed by atoms with van der Waals surface area (Å²) in [7, 11) is 1.53. The summed E-state index contributed by atoms with van der Waals surface area (Å²) in [4.78, 5) is 4.31. The zero-order valence-corrected chi connectivity index (χ0v) is 13.4. The smallest absolute Gasteiger partial charge is 0.225 e. The number of nitrogens with zero attached hydrogens (tertiary/aromatic N) is 3. The van der Waals surface area contributed by atoms with Crippen molar-refractivity contribution in [3.63, 3.8) is 0 Å². The standard InChI is InChI=1S/C16H21N5O2/c1-10-7-13(17)14(16(20-10)22-2)15(18)11-8-19-21(9-11)12-3-5-23-6-4-12/h7-9,12,18H,3-6H2,1-2H3,(H2,17,20). The van der Waals surface area contributed by atoms with Gasteiger partial charge in [-0.2, -0.15) is 5.10 Å². The van der Waals surface area contributed by atoms with Crippen molar-refractivity contribution >= 4 is 11.4 Å². The molecular formula is C16H21N5O2. The van der Waals surface area contributed by atoms with E-state index in [0.717, 1.165) is 31.7 Å². The zero-order valence-electron chi connectivity index (χ0n) is 13.4. The van der Waals surface area contributed by atoms with Gasteiger partial charge in [0.15, 0.2) is 0 Å². The minimum Gasteiger partial charge on any atom is -0.480 e. The van der Waals surface area contributed by atoms with Gasteiger partial charge < -0.3 is 15.2 Å². The highest BCUT2D eigenvalue weighted by atomic mass is 16.5. The molecular weight excluding hydrogens is 294 g/mol. The third-order valence-electron chi connectivity index (χ3n) is 4.04. The summed E-state index contributed by atoms with van der Waals surface area (Å²) in [5.41, 5.74) is 8.80. The molecule has 0 bridgehead atoms. The van der Waals surface area contributed by atoms with E-state index in [2.05, 4.69) is 10.1 Å². The minimum atomic E-state index is 0.269. The number of nitrogens with one attached hydrogen (secondary N) is 1. The summed E-state index contributed by atoms with van der Waals surface area (Å²) in [5, 5.41) is 12.9. The number of nitrogens with two attached hydrogens (primary N) is 1. The lowest BCUT2D eigenvalue weighted by molar-refractivity contribution is 0.0662. The van der Waals surface area contributed by atoms with Gasteiger partial charge in [-0.25, -0.2) is 4.98 Å². The Labute approximate surface area is 134 Å². The van der Waals surface area contributed by atoms with E-state index in [9.17, 15) is 0 Å². The Hall–Kier alpha value is -2.41. The predicted octanol–water partition coefficient (Wildman–Crippen LogP) is 1.94. The van der Waals surface area contributed by atoms with E-state index in [1.165, 1.54) is 7.11 Å². The molecule has 0 atom stereocenters. The second kappa shape index (κ2) is 6.37. The number of pyridine rings is 1. The Kier molecular flexibility index (Phi) is 4.29. The summed E-state index contributed by atoms with van der Waals surface area (Å²) in [6.07, 6.45) is 5.45. The number of anilines is 1. The molecule has 1 aliphatic rings. The Bertz CT molecular complexity index is 719. The van der Waals surface area contributed by atoms with Gasteiger partial charge in [0.2, 0.25) is 5.88 Å². The molecule has 0 aromatic carbocycles. The number of ether oxygens (including phenoxy) is 2. The van der Waals surface area contributed by atoms with Crippen LogP contribution >= 0.6 is 0 Å². The van der Waals surface area contributed by atoms with Gasteiger partial charge in [-0.05, 0) is 25.8 Å². The van der Waals surface area contributed by atoms with Crippen LogP contribution in [0.4, 0.5) is 5.69 Å². The lowest BCUT2D eigenvalue weighted by Gasteiger charge is -2.22. The Balaban J connectivity index is 1.91. The first kappa shape index (κ1) is 15.5. The van der Waals surface area contributed by atoms with Crippen molar-refractivity contribution in [2.75, 3.05) is 26.1 Å². The summed E-state index contributed by atoms with van der Waals surface area (Å²) < 4.78 is 12.6. The molecule has 2 aromatic rings. The SMILES string of the molecule is COc1nc(C)cc(N)c1C(=N)c1cnn(C2CCOCC2)c1. The second-order valence-corrected chi connectivity index (χ2v) is 5.66. The highest BCUT2D eigenvalue weighted by Crippen LogP contribution is 2.27. The maximum atomic E-state index is 8.48. The second-order valence-electron chi connectivity index (χ2n) is 5.66. The van der Waals surface area contributed by atoms with E-state index >= 15 is 0 Å². The number of aryl methyl sites for hydroxylation is 1. The fraction of sp³-hybridized carbons (Fsp3) is 0.438. The first-order chi connectivity index (χ1) is 11.1. The van der Waals surface area contributed by atoms with Gasteiger partial charge in [-0.3, -0.25) is 10.1 Å². The average Bonchev–Trinajstić information content (AvgIpc) is 3.04. The van der Waals surface area contributed by atoms with Gasteiger partial charge in [0, 0.05) is 36.4 Å². The predicted molar refractivity (Wildman–Crippen MR) is 87.2 cm³/mol. The zero-order chi connectivity index (χ0) is 16.4. The van der Waals surface area contributed by atoms with Crippen molar-refractivity contribution in [1.29, 1.82) is 5.41 Å². The molecule has 122 valence electrons. The number of hydrogen-bond donors (Lipinski definition) is 2. The highest BCUT2D eigenvalue weighted by Gasteiger charge is 2.21. The van der Waals surface area contributed by atoms with Crippen LogP contribution in [-0.4, -0.2) is 40.8 Å². The number of aromatic nitrogens is 3. The molecule has 1 aliphatic heterocycles. The largest absolute Gasteiger partial charge is 0.480 e. The van der Waals surface area contributed by atoms with Gasteiger partial charge in [0.25, 0.3) is 0 Å². The highest BCUT2D eigenvalue weighted by molar-refractivity contribution is 6.15. The van der Waals surface area contributed by atoms with Crippen LogP contribution in [0.15, 0.2) is 18.5 Å². The maximum absolute atomic E-state index is 8.48. The molecule has 7 heteroatoms. The van der Waals surface area contributed by atoms with Gasteiger partial charge >= 0.3 is 0 Å². The third-order valence-corrected chi connectivity index (χ3v) is 4.04. The average molecular weight is 315 g/mol. The van der Waals surface area contributed by atoms with E-state index in [0.29, 0.717) is 28.7 Å². The van der Waals surface area contributed by atoms with Crippen LogP contribution in [0, 0.1) is 12.3 Å². The fourth-order valence-electron chi connectivity index (χ4n) is 2.83. The quantitative estimate of drug-likeness (QED) is 0.840. The van der Waals surface area contributed by atoms with Crippen LogP contribution in [0.25, 0.3) is 0 Å². The molecule has 0 aliphatic carbocycles. The monoisotopic (exact) mass is 315 g/mol. The molecule has 0 unspecified atom stereocenters. The van der Waals surface area contributed by atoms with E-state index in [1.54, 1.807) is 12.3 Å². The summed E-state index contributed by atoms with van der Waals surface area (Å²) in [5.74, 6) is 0.367. The van der Waals surface area contributed by atoms with Crippen LogP contribution < -0.4 is 10.5 Å². The molecule has 2 aromatic heterocycles. The van der Waals surface area contributed by atoms with E-state index in [1.807, 2.05) is 17.8 Å². The van der Waals surface area contributed by atoms with E-state index in [4.69, 9.17) is 20.6 Å². The number of hydrogen-bond acceptors (Lipinski definition) is 6. The Morgan fingerprint density at radius 3 is 2.87 bits per heavy atom. The van der Waals surface area contributed by atoms with Crippen LogP contribution in [0.2, 0.25) is 0 Å². The lowest BCUT2D eigenvalue weighted by atomic mass is 10.0. The molecule has 3 rings (SSSR count). The van der Waals surface area contributed by atoms with Gasteiger partial charge in [-0.15, -0.1) is 0 Å². The Morgan fingerprint density at radius 1 is 1.43 bits per heavy atom. The first-order valence-corrected chi connectivity index (χ1v) is 7.62. The van der Waals surface area contributed by atoms with Crippen molar-refractivity contribution < 1.29 is 9.47 Å². The van der Waals surface area contributed by atoms with Crippen LogP contribution in [0.1, 0.15) is 35.7 Å². The minimum absolute atomic E-state index is 0.269. The molecule has 0 saturated carbocycles. The fourth-order valence-corrected chi connectivity index (χ4v) is 2.83. The molecule has 3 heterocycles. The van der Waals surface area contributed by atoms with Crippen molar-refractivity contribution in [3.8, 4) is 5.88 Å². The summed E-state index contributed by atoms with van der Waals surface area (Å²) in [6.45, 7) is 3.34. The molecule has 0 radical (unpaired) electrons. The first-order valence-electron chi connectivity index (χ1n) is 7.62. The van der Waals surface area contributed by atoms with Gasteiger partial charge in [-0.1, -0.05) is 0 Å². The topological polar surface area (TPSA) is 99.0 Å². The van der Waals surface area contributed by atoms with E-state index in [-0.39, 0.29) is 5.71 Å². The number of rotatable bonds is 4. The van der Waals surface area contributed by atoms with Crippen molar-refractivity contribution in [2.24, 2.45) is 0 Å². The maximum Gasteiger partial charge on any atom is 0.225 e.